The number of rotatable bonds is 7. The Hall–Kier alpha value is -1.24. The van der Waals surface area contributed by atoms with Gasteiger partial charge in [-0.3, -0.25) is 9.69 Å². The van der Waals surface area contributed by atoms with Gasteiger partial charge in [-0.15, -0.1) is 0 Å². The van der Waals surface area contributed by atoms with Gasteiger partial charge in [-0.25, -0.2) is 0 Å². The summed E-state index contributed by atoms with van der Waals surface area (Å²) < 4.78 is 6.22. The first-order valence-corrected chi connectivity index (χ1v) is 11.2. The van der Waals surface area contributed by atoms with Crippen LogP contribution in [-0.2, 0) is 0 Å². The van der Waals surface area contributed by atoms with Gasteiger partial charge in [0.05, 0.1) is 0 Å². The number of benzene rings is 1. The van der Waals surface area contributed by atoms with Gasteiger partial charge in [0, 0.05) is 50.6 Å². The molecule has 27 heavy (non-hydrogen) atoms. The highest BCUT2D eigenvalue weighted by molar-refractivity contribution is 7.99. The largest absolute Gasteiger partial charge is 0.490 e. The van der Waals surface area contributed by atoms with E-state index in [0.29, 0.717) is 5.56 Å². The van der Waals surface area contributed by atoms with Gasteiger partial charge in [-0.1, -0.05) is 6.07 Å². The zero-order valence-corrected chi connectivity index (χ0v) is 17.7. The van der Waals surface area contributed by atoms with Crippen LogP contribution in [0.5, 0.6) is 5.75 Å². The quantitative estimate of drug-likeness (QED) is 0.714. The highest BCUT2D eigenvalue weighted by atomic mass is 32.2. The predicted octanol–water partition coefficient (Wildman–Crippen LogP) is 2.67. The molecule has 0 aliphatic carbocycles. The Morgan fingerprint density at radius 1 is 1.19 bits per heavy atom. The van der Waals surface area contributed by atoms with E-state index in [4.69, 9.17) is 4.74 Å². The minimum atomic E-state index is 0.0517. The lowest BCUT2D eigenvalue weighted by atomic mass is 10.0. The molecule has 1 amide bonds. The zero-order valence-electron chi connectivity index (χ0n) is 16.9. The van der Waals surface area contributed by atoms with Crippen LogP contribution in [0.4, 0.5) is 0 Å². The van der Waals surface area contributed by atoms with Crippen LogP contribution in [0, 0.1) is 0 Å². The highest BCUT2D eigenvalue weighted by Gasteiger charge is 2.28. The van der Waals surface area contributed by atoms with E-state index >= 15 is 0 Å². The number of hydrogen-bond donors (Lipinski definition) is 0. The summed E-state index contributed by atoms with van der Waals surface area (Å²) in [4.78, 5) is 19.1. The first-order valence-electron chi connectivity index (χ1n) is 10.0. The van der Waals surface area contributed by atoms with E-state index in [1.807, 2.05) is 45.4 Å². The van der Waals surface area contributed by atoms with Crippen molar-refractivity contribution in [3.63, 3.8) is 0 Å². The number of thioether (sulfide) groups is 1. The summed E-state index contributed by atoms with van der Waals surface area (Å²) in [6.45, 7) is 3.83. The summed E-state index contributed by atoms with van der Waals surface area (Å²) >= 11 is 2.08. The third-order valence-electron chi connectivity index (χ3n) is 5.51. The maximum atomic E-state index is 12.6. The fourth-order valence-corrected chi connectivity index (χ4v) is 4.99. The summed E-state index contributed by atoms with van der Waals surface area (Å²) in [5, 5.41) is 0. The van der Waals surface area contributed by atoms with E-state index in [-0.39, 0.29) is 12.0 Å². The fraction of sp³-hybridized carbons (Fsp3) is 0.667. The predicted molar refractivity (Wildman–Crippen MR) is 113 cm³/mol. The molecule has 0 spiro atoms. The van der Waals surface area contributed by atoms with Crippen LogP contribution >= 0.6 is 11.8 Å². The van der Waals surface area contributed by atoms with E-state index in [9.17, 15) is 4.79 Å². The SMILES string of the molecule is CN(C)CCN(C)C(=O)c1cccc(OC2CCN([C@H]3CCSC3)CC2)c1. The van der Waals surface area contributed by atoms with Crippen LogP contribution in [0.2, 0.25) is 0 Å². The van der Waals surface area contributed by atoms with E-state index < -0.39 is 0 Å². The van der Waals surface area contributed by atoms with Gasteiger partial charge in [-0.2, -0.15) is 11.8 Å². The molecule has 1 aromatic carbocycles. The van der Waals surface area contributed by atoms with Gasteiger partial charge in [-0.05, 0) is 57.3 Å². The Balaban J connectivity index is 1.51. The number of piperidine rings is 1. The second kappa shape index (κ2) is 9.80. The van der Waals surface area contributed by atoms with Gasteiger partial charge < -0.3 is 14.5 Å². The van der Waals surface area contributed by atoms with Crippen LogP contribution in [0.25, 0.3) is 0 Å². The van der Waals surface area contributed by atoms with Gasteiger partial charge >= 0.3 is 0 Å². The van der Waals surface area contributed by atoms with Crippen LogP contribution in [0.15, 0.2) is 24.3 Å². The van der Waals surface area contributed by atoms with Gasteiger partial charge in [0.2, 0.25) is 0 Å². The van der Waals surface area contributed by atoms with Crippen LogP contribution in [0.3, 0.4) is 0 Å². The first kappa shape index (κ1) is 20.5. The molecule has 0 saturated carbocycles. The van der Waals surface area contributed by atoms with Gasteiger partial charge in [0.15, 0.2) is 0 Å². The van der Waals surface area contributed by atoms with Crippen molar-refractivity contribution in [2.75, 3.05) is 58.8 Å². The Kier molecular flexibility index (Phi) is 7.44. The molecular weight excluding hydrogens is 358 g/mol. The standard InChI is InChI=1S/C21H33N3O2S/c1-22(2)12-13-23(3)21(25)17-5-4-6-20(15-17)26-19-7-10-24(11-8-19)18-9-14-27-16-18/h4-6,15,18-19H,7-14,16H2,1-3H3/t18-/m0/s1. The van der Waals surface area contributed by atoms with Crippen molar-refractivity contribution in [3.8, 4) is 5.75 Å². The molecule has 150 valence electrons. The normalized spacial score (nSPS) is 21.6. The zero-order chi connectivity index (χ0) is 19.2. The van der Waals surface area contributed by atoms with Crippen molar-refractivity contribution in [3.05, 3.63) is 29.8 Å². The summed E-state index contributed by atoms with van der Waals surface area (Å²) in [7, 11) is 5.89. The fourth-order valence-electron chi connectivity index (χ4n) is 3.74. The van der Waals surface area contributed by atoms with Crippen molar-refractivity contribution < 1.29 is 9.53 Å². The second-order valence-corrected chi connectivity index (χ2v) is 9.08. The van der Waals surface area contributed by atoms with Crippen LogP contribution in [-0.4, -0.2) is 91.6 Å². The Morgan fingerprint density at radius 3 is 2.63 bits per heavy atom. The van der Waals surface area contributed by atoms with Crippen molar-refractivity contribution in [2.24, 2.45) is 0 Å². The number of carbonyl (C=O) groups is 1. The number of carbonyl (C=O) groups excluding carboxylic acids is 1. The molecule has 2 aliphatic rings. The van der Waals surface area contributed by atoms with Crippen LogP contribution < -0.4 is 4.74 Å². The highest BCUT2D eigenvalue weighted by Crippen LogP contribution is 2.27. The molecule has 2 aliphatic heterocycles. The molecule has 0 unspecified atom stereocenters. The van der Waals surface area contributed by atoms with Gasteiger partial charge in [0.25, 0.3) is 5.91 Å². The lowest BCUT2D eigenvalue weighted by Gasteiger charge is -2.35. The maximum absolute atomic E-state index is 12.6. The first-order chi connectivity index (χ1) is 13.0. The number of likely N-dealkylation sites (tertiary alicyclic amines) is 1. The average molecular weight is 392 g/mol. The van der Waals surface area contributed by atoms with E-state index in [1.165, 1.54) is 17.9 Å². The average Bonchev–Trinajstić information content (AvgIpc) is 3.21. The van der Waals surface area contributed by atoms with E-state index in [1.54, 1.807) is 4.90 Å². The van der Waals surface area contributed by atoms with Crippen molar-refractivity contribution in [1.29, 1.82) is 0 Å². The summed E-state index contributed by atoms with van der Waals surface area (Å²) in [6, 6.07) is 8.44. The third kappa shape index (κ3) is 5.87. The van der Waals surface area contributed by atoms with Crippen molar-refractivity contribution >= 4 is 17.7 Å². The Morgan fingerprint density at radius 2 is 1.96 bits per heavy atom. The molecule has 0 bridgehead atoms. The molecule has 1 atom stereocenters. The summed E-state index contributed by atoms with van der Waals surface area (Å²) in [5.74, 6) is 3.47. The van der Waals surface area contributed by atoms with Crippen molar-refractivity contribution in [1.82, 2.24) is 14.7 Å². The molecule has 0 radical (unpaired) electrons. The Bertz CT molecular complexity index is 611. The molecule has 2 saturated heterocycles. The second-order valence-electron chi connectivity index (χ2n) is 7.93. The Labute approximate surface area is 168 Å². The topological polar surface area (TPSA) is 36.0 Å². The number of nitrogens with zero attached hydrogens (tertiary/aromatic N) is 3. The molecule has 3 rings (SSSR count). The molecule has 0 aromatic heterocycles. The number of amides is 1. The minimum Gasteiger partial charge on any atom is -0.490 e. The smallest absolute Gasteiger partial charge is 0.253 e. The third-order valence-corrected chi connectivity index (χ3v) is 6.66. The van der Waals surface area contributed by atoms with E-state index in [2.05, 4.69) is 21.6 Å². The molecule has 5 nitrogen and oxygen atoms in total. The molecule has 1 aromatic rings. The molecule has 2 heterocycles. The van der Waals surface area contributed by atoms with Crippen LogP contribution in [0.1, 0.15) is 29.6 Å². The van der Waals surface area contributed by atoms with Gasteiger partial charge in [0.1, 0.15) is 11.9 Å². The molecule has 6 heteroatoms. The molecular formula is C21H33N3O2S. The lowest BCUT2D eigenvalue weighted by molar-refractivity contribution is 0.0773. The number of hydrogen-bond acceptors (Lipinski definition) is 5. The minimum absolute atomic E-state index is 0.0517. The number of likely N-dealkylation sites (N-methyl/N-ethyl adjacent to an activating group) is 2. The monoisotopic (exact) mass is 391 g/mol. The lowest BCUT2D eigenvalue weighted by Crippen LogP contribution is -2.44. The summed E-state index contributed by atoms with van der Waals surface area (Å²) in [5.41, 5.74) is 0.703. The maximum Gasteiger partial charge on any atom is 0.253 e. The van der Waals surface area contributed by atoms with E-state index in [0.717, 1.165) is 50.8 Å². The molecule has 2 fully saturated rings. The summed E-state index contributed by atoms with van der Waals surface area (Å²) in [6.07, 6.45) is 3.73. The number of ether oxygens (including phenoxy) is 1. The van der Waals surface area contributed by atoms with Crippen molar-refractivity contribution in [2.45, 2.75) is 31.4 Å². The molecule has 0 N–H and O–H groups in total.